The summed E-state index contributed by atoms with van der Waals surface area (Å²) in [4.78, 5) is 4.69. The summed E-state index contributed by atoms with van der Waals surface area (Å²) < 4.78 is 2.19. The topological polar surface area (TPSA) is 43.8 Å². The molecule has 100 valence electrons. The molecule has 0 fully saturated rings. The van der Waals surface area contributed by atoms with Crippen LogP contribution in [0.2, 0.25) is 0 Å². The largest absolute Gasteiger partial charge is 0.399 e. The summed E-state index contributed by atoms with van der Waals surface area (Å²) in [5, 5.41) is 2.32. The number of benzene rings is 2. The molecule has 2 aromatic carbocycles. The maximum atomic E-state index is 5.90. The van der Waals surface area contributed by atoms with Crippen LogP contribution in [0.3, 0.4) is 0 Å². The average Bonchev–Trinajstić information content (AvgIpc) is 2.76. The Hall–Kier alpha value is -2.26. The lowest BCUT2D eigenvalue weighted by Gasteiger charge is -2.11. The van der Waals surface area contributed by atoms with Crippen molar-refractivity contribution in [2.45, 2.75) is 0 Å². The van der Waals surface area contributed by atoms with Crippen molar-refractivity contribution in [1.82, 2.24) is 9.55 Å². The normalized spacial score (nSPS) is 11.1. The highest BCUT2D eigenvalue weighted by Crippen LogP contribution is 2.34. The molecular formula is C16H14ClN3. The molecule has 4 heteroatoms. The second-order valence-corrected chi connectivity index (χ2v) is 4.88. The summed E-state index contributed by atoms with van der Waals surface area (Å²) >= 11 is 0. The van der Waals surface area contributed by atoms with Gasteiger partial charge in [-0.05, 0) is 30.3 Å². The number of rotatable bonds is 0. The molecule has 20 heavy (non-hydrogen) atoms. The molecule has 2 N–H and O–H groups in total. The molecule has 0 aliphatic carbocycles. The van der Waals surface area contributed by atoms with E-state index in [0.29, 0.717) is 0 Å². The van der Waals surface area contributed by atoms with E-state index in [2.05, 4.69) is 41.9 Å². The number of nitrogens with two attached hydrogens (primary N) is 1. The molecule has 2 aromatic rings. The molecule has 0 saturated carbocycles. The van der Waals surface area contributed by atoms with E-state index in [0.717, 1.165) is 28.0 Å². The van der Waals surface area contributed by atoms with Crippen molar-refractivity contribution in [3.05, 3.63) is 48.5 Å². The Balaban J connectivity index is 0.00000121. The van der Waals surface area contributed by atoms with E-state index >= 15 is 0 Å². The number of fused-ring (bicyclic) bond motifs is 4. The lowest BCUT2D eigenvalue weighted by Crippen LogP contribution is -1.98. The van der Waals surface area contributed by atoms with E-state index in [1.54, 1.807) is 0 Å². The Bertz CT molecular complexity index is 895. The Kier molecular flexibility index (Phi) is 2.80. The minimum absolute atomic E-state index is 0. The van der Waals surface area contributed by atoms with Gasteiger partial charge in [0.15, 0.2) is 0 Å². The third-order valence-electron chi connectivity index (χ3n) is 3.68. The molecule has 4 rings (SSSR count). The Morgan fingerprint density at radius 2 is 1.85 bits per heavy atom. The molecule has 2 aliphatic heterocycles. The zero-order chi connectivity index (χ0) is 13.0. The van der Waals surface area contributed by atoms with Crippen LogP contribution >= 0.6 is 12.4 Å². The second-order valence-electron chi connectivity index (χ2n) is 4.88. The van der Waals surface area contributed by atoms with Crippen LogP contribution in [0.5, 0.6) is 0 Å². The number of nitrogens with zero attached hydrogens (tertiary/aromatic N) is 2. The van der Waals surface area contributed by atoms with Crippen molar-refractivity contribution >= 4 is 39.9 Å². The van der Waals surface area contributed by atoms with Crippen molar-refractivity contribution in [1.29, 1.82) is 0 Å². The molecule has 3 nitrogen and oxygen atoms in total. The fourth-order valence-corrected chi connectivity index (χ4v) is 2.80. The van der Waals surface area contributed by atoms with Crippen LogP contribution in [0.15, 0.2) is 48.5 Å². The summed E-state index contributed by atoms with van der Waals surface area (Å²) in [6, 6.07) is 16.4. The van der Waals surface area contributed by atoms with Crippen LogP contribution in [-0.2, 0) is 7.05 Å². The highest BCUT2D eigenvalue weighted by atomic mass is 35.5. The van der Waals surface area contributed by atoms with Gasteiger partial charge in [0.05, 0.1) is 16.9 Å². The van der Waals surface area contributed by atoms with E-state index in [1.165, 1.54) is 10.9 Å². The van der Waals surface area contributed by atoms with Gasteiger partial charge in [-0.15, -0.1) is 12.4 Å². The molecule has 0 bridgehead atoms. The van der Waals surface area contributed by atoms with Crippen LogP contribution < -0.4 is 5.73 Å². The van der Waals surface area contributed by atoms with Gasteiger partial charge in [0, 0.05) is 29.0 Å². The fraction of sp³-hybridized carbons (Fsp3) is 0.0625. The predicted octanol–water partition coefficient (Wildman–Crippen LogP) is 3.84. The first-order chi connectivity index (χ1) is 9.24. The molecule has 0 spiro atoms. The van der Waals surface area contributed by atoms with Gasteiger partial charge in [-0.2, -0.15) is 0 Å². The monoisotopic (exact) mass is 283 g/mol. The first-order valence-electron chi connectivity index (χ1n) is 6.27. The number of hydrogen-bond donors (Lipinski definition) is 1. The standard InChI is InChI=1S/C16H13N3.ClH/c1-19-15-5-3-2-4-10(15)8-14-16(19)12-9-11(17)6-7-13(12)18-14;/h2-9H,17H2,1H3;1H. The van der Waals surface area contributed by atoms with E-state index < -0.39 is 0 Å². The summed E-state index contributed by atoms with van der Waals surface area (Å²) in [6.07, 6.45) is 0. The molecule has 2 aliphatic rings. The van der Waals surface area contributed by atoms with Crippen LogP contribution in [0.1, 0.15) is 0 Å². The first kappa shape index (κ1) is 12.8. The molecule has 0 saturated heterocycles. The Morgan fingerprint density at radius 3 is 2.70 bits per heavy atom. The van der Waals surface area contributed by atoms with Gasteiger partial charge in [0.25, 0.3) is 0 Å². The molecule has 0 aromatic heterocycles. The number of anilines is 1. The number of aromatic nitrogens is 2. The maximum absolute atomic E-state index is 5.90. The van der Waals surface area contributed by atoms with Crippen LogP contribution in [0.25, 0.3) is 33.2 Å². The predicted molar refractivity (Wildman–Crippen MR) is 86.5 cm³/mol. The summed E-state index contributed by atoms with van der Waals surface area (Å²) in [7, 11) is 2.08. The average molecular weight is 284 g/mol. The quantitative estimate of drug-likeness (QED) is 0.498. The lowest BCUT2D eigenvalue weighted by molar-refractivity contribution is 0.967. The molecule has 0 unspecified atom stereocenters. The van der Waals surface area contributed by atoms with Crippen molar-refractivity contribution in [3.63, 3.8) is 0 Å². The highest BCUT2D eigenvalue weighted by Gasteiger charge is 2.16. The molecule has 2 heterocycles. The Morgan fingerprint density at radius 1 is 1.05 bits per heavy atom. The van der Waals surface area contributed by atoms with E-state index in [1.807, 2.05) is 18.2 Å². The van der Waals surface area contributed by atoms with Gasteiger partial charge < -0.3 is 10.3 Å². The minimum Gasteiger partial charge on any atom is -0.399 e. The van der Waals surface area contributed by atoms with Crippen LogP contribution in [0, 0.1) is 0 Å². The summed E-state index contributed by atoms with van der Waals surface area (Å²) in [5.41, 5.74) is 11.0. The lowest BCUT2D eigenvalue weighted by atomic mass is 10.1. The second kappa shape index (κ2) is 4.39. The van der Waals surface area contributed by atoms with Crippen molar-refractivity contribution in [2.24, 2.45) is 7.05 Å². The van der Waals surface area contributed by atoms with Crippen molar-refractivity contribution in [2.75, 3.05) is 5.73 Å². The Labute approximate surface area is 122 Å². The third-order valence-corrected chi connectivity index (χ3v) is 3.68. The van der Waals surface area contributed by atoms with E-state index in [4.69, 9.17) is 10.7 Å². The molecule has 0 radical (unpaired) electrons. The minimum atomic E-state index is 0. The van der Waals surface area contributed by atoms with Gasteiger partial charge >= 0.3 is 0 Å². The number of halogens is 1. The summed E-state index contributed by atoms with van der Waals surface area (Å²) in [5.74, 6) is 0. The van der Waals surface area contributed by atoms with Crippen LogP contribution in [0.4, 0.5) is 5.69 Å². The van der Waals surface area contributed by atoms with E-state index in [9.17, 15) is 0 Å². The van der Waals surface area contributed by atoms with Gasteiger partial charge in [0.1, 0.15) is 0 Å². The van der Waals surface area contributed by atoms with Crippen molar-refractivity contribution < 1.29 is 0 Å². The maximum Gasteiger partial charge on any atom is 0.0887 e. The number of hydrogen-bond acceptors (Lipinski definition) is 2. The molecular weight excluding hydrogens is 270 g/mol. The van der Waals surface area contributed by atoms with Gasteiger partial charge in [-0.1, -0.05) is 18.2 Å². The number of pyridine rings is 1. The van der Waals surface area contributed by atoms with E-state index in [-0.39, 0.29) is 12.4 Å². The van der Waals surface area contributed by atoms with Gasteiger partial charge in [-0.25, -0.2) is 4.98 Å². The third kappa shape index (κ3) is 1.63. The number of para-hydroxylation sites is 1. The highest BCUT2D eigenvalue weighted by molar-refractivity contribution is 6.01. The SMILES string of the molecule is Cl.Cn1c2c3cc(N)ccc3nc-2cc2ccccc21. The van der Waals surface area contributed by atoms with Crippen molar-refractivity contribution in [3.8, 4) is 11.4 Å². The number of aryl methyl sites for hydroxylation is 1. The summed E-state index contributed by atoms with van der Waals surface area (Å²) in [6.45, 7) is 0. The molecule has 0 atom stereocenters. The molecule has 0 amide bonds. The van der Waals surface area contributed by atoms with Gasteiger partial charge in [-0.3, -0.25) is 0 Å². The zero-order valence-electron chi connectivity index (χ0n) is 11.0. The smallest absolute Gasteiger partial charge is 0.0887 e. The number of nitrogen functional groups attached to an aromatic ring is 1. The fourth-order valence-electron chi connectivity index (χ4n) is 2.80. The van der Waals surface area contributed by atoms with Gasteiger partial charge in [0.2, 0.25) is 0 Å². The first-order valence-corrected chi connectivity index (χ1v) is 6.27. The van der Waals surface area contributed by atoms with Crippen LogP contribution in [-0.4, -0.2) is 9.55 Å². The zero-order valence-corrected chi connectivity index (χ0v) is 11.8.